The van der Waals surface area contributed by atoms with E-state index in [-0.39, 0.29) is 12.3 Å². The van der Waals surface area contributed by atoms with E-state index in [1.807, 2.05) is 18.2 Å². The summed E-state index contributed by atoms with van der Waals surface area (Å²) in [6.07, 6.45) is 4.85. The van der Waals surface area contributed by atoms with Crippen LogP contribution in [-0.2, 0) is 19.4 Å². The number of nitrogens with zero attached hydrogens (tertiary/aromatic N) is 2. The van der Waals surface area contributed by atoms with Crippen LogP contribution in [0.15, 0.2) is 36.7 Å². The number of primary amides is 1. The molecule has 0 unspecified atom stereocenters. The zero-order valence-corrected chi connectivity index (χ0v) is 10.4. The van der Waals surface area contributed by atoms with Crippen molar-refractivity contribution in [2.75, 3.05) is 0 Å². The Morgan fingerprint density at radius 3 is 2.37 bits per heavy atom. The molecule has 2 rings (SSSR count). The van der Waals surface area contributed by atoms with Gasteiger partial charge in [0.25, 0.3) is 5.91 Å². The Hall–Kier alpha value is -2.27. The van der Waals surface area contributed by atoms with E-state index in [1.165, 1.54) is 0 Å². The summed E-state index contributed by atoms with van der Waals surface area (Å²) in [5, 5.41) is 9.02. The van der Waals surface area contributed by atoms with Gasteiger partial charge in [0.05, 0.1) is 12.3 Å². The number of amides is 1. The van der Waals surface area contributed by atoms with Gasteiger partial charge in [-0.1, -0.05) is 0 Å². The highest BCUT2D eigenvalue weighted by Gasteiger charge is 2.03. The molecule has 0 bridgehead atoms. The fraction of sp³-hybridized carbons (Fsp3) is 0.214. The fourth-order valence-corrected chi connectivity index (χ4v) is 1.82. The minimum atomic E-state index is -0.520. The van der Waals surface area contributed by atoms with Gasteiger partial charge in [0.2, 0.25) is 0 Å². The van der Waals surface area contributed by atoms with E-state index >= 15 is 0 Å². The molecule has 0 atom stereocenters. The smallest absolute Gasteiger partial charge is 0.267 e. The van der Waals surface area contributed by atoms with Crippen LogP contribution in [0.3, 0.4) is 0 Å². The van der Waals surface area contributed by atoms with Gasteiger partial charge in [-0.15, -0.1) is 0 Å². The lowest BCUT2D eigenvalue weighted by molar-refractivity contribution is 0.0995. The summed E-state index contributed by atoms with van der Waals surface area (Å²) in [7, 11) is 0. The SMILES string of the molecule is NC(=O)c1cc(CCc2ccnc(CO)c2)ccn1. The molecule has 3 N–H and O–H groups in total. The van der Waals surface area contributed by atoms with Gasteiger partial charge in [-0.2, -0.15) is 0 Å². The molecule has 5 nitrogen and oxygen atoms in total. The lowest BCUT2D eigenvalue weighted by Gasteiger charge is -2.04. The van der Waals surface area contributed by atoms with E-state index in [9.17, 15) is 4.79 Å². The van der Waals surface area contributed by atoms with E-state index in [4.69, 9.17) is 10.8 Å². The van der Waals surface area contributed by atoms with Gasteiger partial charge >= 0.3 is 0 Å². The maximum absolute atomic E-state index is 11.0. The van der Waals surface area contributed by atoms with Crippen LogP contribution in [0.1, 0.15) is 27.3 Å². The average Bonchev–Trinajstić information content (AvgIpc) is 2.45. The third-order valence-corrected chi connectivity index (χ3v) is 2.82. The van der Waals surface area contributed by atoms with E-state index in [0.717, 1.165) is 24.0 Å². The van der Waals surface area contributed by atoms with Crippen LogP contribution in [0, 0.1) is 0 Å². The standard InChI is InChI=1S/C14H15N3O2/c15-14(19)13-8-11(4-6-17-13)2-1-10-3-5-16-12(7-10)9-18/h3-8,18H,1-2,9H2,(H2,15,19). The molecule has 0 saturated carbocycles. The molecule has 2 aromatic rings. The topological polar surface area (TPSA) is 89.1 Å². The first-order chi connectivity index (χ1) is 9.19. The van der Waals surface area contributed by atoms with Crippen LogP contribution in [0.25, 0.3) is 0 Å². The number of pyridine rings is 2. The maximum atomic E-state index is 11.0. The van der Waals surface area contributed by atoms with Crippen LogP contribution < -0.4 is 5.73 Å². The van der Waals surface area contributed by atoms with Crippen molar-refractivity contribution in [3.05, 3.63) is 59.2 Å². The number of aromatic nitrogens is 2. The molecule has 0 aliphatic carbocycles. The van der Waals surface area contributed by atoms with Crippen molar-refractivity contribution >= 4 is 5.91 Å². The van der Waals surface area contributed by atoms with Gasteiger partial charge in [-0.05, 0) is 48.2 Å². The largest absolute Gasteiger partial charge is 0.390 e. The highest BCUT2D eigenvalue weighted by atomic mass is 16.3. The number of hydrogen-bond acceptors (Lipinski definition) is 4. The molecule has 0 spiro atoms. The maximum Gasteiger partial charge on any atom is 0.267 e. The second-order valence-corrected chi connectivity index (χ2v) is 4.23. The summed E-state index contributed by atoms with van der Waals surface area (Å²) in [5.41, 5.74) is 8.23. The Morgan fingerprint density at radius 2 is 1.74 bits per heavy atom. The lowest BCUT2D eigenvalue weighted by Crippen LogP contribution is -2.13. The van der Waals surface area contributed by atoms with Crippen molar-refractivity contribution in [3.63, 3.8) is 0 Å². The van der Waals surface area contributed by atoms with Gasteiger partial charge in [0, 0.05) is 12.4 Å². The zero-order chi connectivity index (χ0) is 13.7. The summed E-state index contributed by atoms with van der Waals surface area (Å²) >= 11 is 0. The molecule has 98 valence electrons. The number of carbonyl (C=O) groups is 1. The van der Waals surface area contributed by atoms with Gasteiger partial charge in [0.15, 0.2) is 0 Å². The average molecular weight is 257 g/mol. The molecular weight excluding hydrogens is 242 g/mol. The number of rotatable bonds is 5. The Kier molecular flexibility index (Phi) is 4.20. The van der Waals surface area contributed by atoms with E-state index < -0.39 is 5.91 Å². The van der Waals surface area contributed by atoms with Crippen molar-refractivity contribution in [2.24, 2.45) is 5.73 Å². The predicted molar refractivity (Wildman–Crippen MR) is 70.3 cm³/mol. The molecular formula is C14H15N3O2. The van der Waals surface area contributed by atoms with E-state index in [1.54, 1.807) is 18.5 Å². The highest BCUT2D eigenvalue weighted by molar-refractivity contribution is 5.90. The Labute approximate surface area is 111 Å². The monoisotopic (exact) mass is 257 g/mol. The van der Waals surface area contributed by atoms with Crippen LogP contribution in [-0.4, -0.2) is 21.0 Å². The number of hydrogen-bond donors (Lipinski definition) is 2. The molecule has 1 amide bonds. The van der Waals surface area contributed by atoms with Crippen molar-refractivity contribution in [1.82, 2.24) is 9.97 Å². The Bertz CT molecular complexity index is 584. The first-order valence-corrected chi connectivity index (χ1v) is 5.98. The number of aliphatic hydroxyl groups excluding tert-OH is 1. The summed E-state index contributed by atoms with van der Waals surface area (Å²) in [6.45, 7) is -0.0606. The number of carbonyl (C=O) groups excluding carboxylic acids is 1. The summed E-state index contributed by atoms with van der Waals surface area (Å²) in [6, 6.07) is 7.35. The van der Waals surface area contributed by atoms with E-state index in [2.05, 4.69) is 9.97 Å². The van der Waals surface area contributed by atoms with Gasteiger partial charge in [0.1, 0.15) is 5.69 Å². The van der Waals surface area contributed by atoms with Crippen molar-refractivity contribution in [3.8, 4) is 0 Å². The van der Waals surface area contributed by atoms with Crippen LogP contribution >= 0.6 is 0 Å². The van der Waals surface area contributed by atoms with E-state index in [0.29, 0.717) is 5.69 Å². The normalized spacial score (nSPS) is 10.4. The Morgan fingerprint density at radius 1 is 1.11 bits per heavy atom. The molecule has 0 aliphatic heterocycles. The molecule has 2 aromatic heterocycles. The third kappa shape index (κ3) is 3.59. The van der Waals surface area contributed by atoms with Crippen molar-refractivity contribution in [2.45, 2.75) is 19.4 Å². The molecule has 5 heteroatoms. The fourth-order valence-electron chi connectivity index (χ4n) is 1.82. The zero-order valence-electron chi connectivity index (χ0n) is 10.4. The predicted octanol–water partition coefficient (Wildman–Crippen LogP) is 0.853. The molecule has 0 aromatic carbocycles. The van der Waals surface area contributed by atoms with Gasteiger partial charge in [-0.3, -0.25) is 14.8 Å². The molecule has 19 heavy (non-hydrogen) atoms. The molecule has 2 heterocycles. The second kappa shape index (κ2) is 6.06. The third-order valence-electron chi connectivity index (χ3n) is 2.82. The summed E-state index contributed by atoms with van der Waals surface area (Å²) in [4.78, 5) is 19.0. The molecule has 0 radical (unpaired) electrons. The van der Waals surface area contributed by atoms with Crippen LogP contribution in [0.4, 0.5) is 0 Å². The first-order valence-electron chi connectivity index (χ1n) is 5.98. The van der Waals surface area contributed by atoms with Gasteiger partial charge < -0.3 is 10.8 Å². The first kappa shape index (κ1) is 13.2. The van der Waals surface area contributed by atoms with Crippen LogP contribution in [0.5, 0.6) is 0 Å². The number of aliphatic hydroxyl groups is 1. The Balaban J connectivity index is 2.05. The van der Waals surface area contributed by atoms with Gasteiger partial charge in [-0.25, -0.2) is 0 Å². The minimum absolute atomic E-state index is 0.0606. The number of nitrogens with two attached hydrogens (primary N) is 1. The molecule has 0 fully saturated rings. The molecule has 0 aliphatic rings. The minimum Gasteiger partial charge on any atom is -0.390 e. The summed E-state index contributed by atoms with van der Waals surface area (Å²) in [5.74, 6) is -0.520. The lowest BCUT2D eigenvalue weighted by atomic mass is 10.0. The summed E-state index contributed by atoms with van der Waals surface area (Å²) < 4.78 is 0. The van der Waals surface area contributed by atoms with Crippen molar-refractivity contribution in [1.29, 1.82) is 0 Å². The van der Waals surface area contributed by atoms with Crippen molar-refractivity contribution < 1.29 is 9.90 Å². The van der Waals surface area contributed by atoms with Crippen LogP contribution in [0.2, 0.25) is 0 Å². The second-order valence-electron chi connectivity index (χ2n) is 4.23. The quantitative estimate of drug-likeness (QED) is 0.831. The highest BCUT2D eigenvalue weighted by Crippen LogP contribution is 2.09. The molecule has 0 saturated heterocycles. The number of aryl methyl sites for hydroxylation is 2.